The monoisotopic (exact) mass is 313 g/mol. The Balaban J connectivity index is 2.46. The van der Waals surface area contributed by atoms with Crippen molar-refractivity contribution in [2.45, 2.75) is 26.1 Å². The van der Waals surface area contributed by atoms with Gasteiger partial charge in [-0.15, -0.1) is 0 Å². The van der Waals surface area contributed by atoms with Crippen molar-refractivity contribution >= 4 is 16.1 Å². The summed E-state index contributed by atoms with van der Waals surface area (Å²) in [5.41, 5.74) is 1.62. The van der Waals surface area contributed by atoms with Gasteiger partial charge in [-0.3, -0.25) is 0 Å². The first-order valence-corrected chi connectivity index (χ1v) is 8.48. The molecule has 1 aromatic carbocycles. The van der Waals surface area contributed by atoms with E-state index >= 15 is 0 Å². The summed E-state index contributed by atoms with van der Waals surface area (Å²) in [6.07, 6.45) is 0. The van der Waals surface area contributed by atoms with Crippen LogP contribution in [0.2, 0.25) is 0 Å². The van der Waals surface area contributed by atoms with Crippen molar-refractivity contribution in [1.82, 2.24) is 15.4 Å². The van der Waals surface area contributed by atoms with E-state index in [9.17, 15) is 13.2 Å². The zero-order chi connectivity index (χ0) is 15.9. The smallest absolute Gasteiger partial charge is 0.315 e. The van der Waals surface area contributed by atoms with E-state index in [0.717, 1.165) is 5.56 Å². The predicted molar refractivity (Wildman–Crippen MR) is 83.2 cm³/mol. The topological polar surface area (TPSA) is 87.3 Å². The van der Waals surface area contributed by atoms with Gasteiger partial charge in [0.05, 0.1) is 5.75 Å². The summed E-state index contributed by atoms with van der Waals surface area (Å²) in [6.45, 7) is 5.09. The second kappa shape index (κ2) is 7.99. The molecule has 0 radical (unpaired) electrons. The molecule has 0 bridgehead atoms. The van der Waals surface area contributed by atoms with Gasteiger partial charge in [-0.25, -0.2) is 17.9 Å². The van der Waals surface area contributed by atoms with Gasteiger partial charge in [0.1, 0.15) is 0 Å². The number of hydrogen-bond donors (Lipinski definition) is 3. The molecular formula is C14H23N3O3S. The normalized spacial score (nSPS) is 11.4. The summed E-state index contributed by atoms with van der Waals surface area (Å²) < 4.78 is 25.1. The van der Waals surface area contributed by atoms with E-state index in [2.05, 4.69) is 15.4 Å². The van der Waals surface area contributed by atoms with Crippen molar-refractivity contribution in [3.63, 3.8) is 0 Å². The second-order valence-corrected chi connectivity index (χ2v) is 7.16. The molecule has 1 aromatic rings. The maximum Gasteiger partial charge on any atom is 0.315 e. The molecule has 0 spiro atoms. The van der Waals surface area contributed by atoms with E-state index < -0.39 is 10.0 Å². The van der Waals surface area contributed by atoms with Crippen LogP contribution in [-0.2, 0) is 22.3 Å². The predicted octanol–water partition coefficient (Wildman–Crippen LogP) is 1.19. The number of carbonyl (C=O) groups is 1. The van der Waals surface area contributed by atoms with Gasteiger partial charge in [-0.1, -0.05) is 38.1 Å². The molecule has 0 saturated heterocycles. The quantitative estimate of drug-likeness (QED) is 0.706. The van der Waals surface area contributed by atoms with E-state index in [-0.39, 0.29) is 11.8 Å². The standard InChI is InChI=1S/C14H23N3O3S/c1-11(2)8-16-14(18)17-9-12-4-6-13(7-5-12)10-21(19,20)15-3/h4-7,11,15H,8-10H2,1-3H3,(H2,16,17,18). The molecule has 0 atom stereocenters. The Kier molecular flexibility index (Phi) is 6.64. The molecule has 0 aliphatic heterocycles. The molecule has 7 heteroatoms. The first kappa shape index (κ1) is 17.5. The molecule has 0 aromatic heterocycles. The van der Waals surface area contributed by atoms with Crippen molar-refractivity contribution in [2.75, 3.05) is 13.6 Å². The van der Waals surface area contributed by atoms with Gasteiger partial charge in [-0.2, -0.15) is 0 Å². The Morgan fingerprint density at radius 3 is 2.19 bits per heavy atom. The van der Waals surface area contributed by atoms with Gasteiger partial charge in [0.15, 0.2) is 0 Å². The van der Waals surface area contributed by atoms with Gasteiger partial charge < -0.3 is 10.6 Å². The number of sulfonamides is 1. The van der Waals surface area contributed by atoms with Gasteiger partial charge in [0.25, 0.3) is 0 Å². The molecule has 0 aliphatic rings. The van der Waals surface area contributed by atoms with Gasteiger partial charge in [0.2, 0.25) is 10.0 Å². The molecule has 6 nitrogen and oxygen atoms in total. The third kappa shape index (κ3) is 7.10. The molecule has 1 rings (SSSR count). The van der Waals surface area contributed by atoms with Gasteiger partial charge >= 0.3 is 6.03 Å². The lowest BCUT2D eigenvalue weighted by atomic mass is 10.1. The van der Waals surface area contributed by atoms with E-state index in [0.29, 0.717) is 24.6 Å². The number of urea groups is 1. The summed E-state index contributed by atoms with van der Waals surface area (Å²) in [5.74, 6) is 0.357. The SMILES string of the molecule is CNS(=O)(=O)Cc1ccc(CNC(=O)NCC(C)C)cc1. The highest BCUT2D eigenvalue weighted by Gasteiger charge is 2.08. The number of benzene rings is 1. The van der Waals surface area contributed by atoms with E-state index in [1.165, 1.54) is 7.05 Å². The molecule has 0 heterocycles. The fourth-order valence-corrected chi connectivity index (χ4v) is 2.36. The summed E-state index contributed by atoms with van der Waals surface area (Å²) >= 11 is 0. The highest BCUT2D eigenvalue weighted by atomic mass is 32.2. The summed E-state index contributed by atoms with van der Waals surface area (Å²) in [5, 5.41) is 5.52. The lowest BCUT2D eigenvalue weighted by molar-refractivity contribution is 0.239. The lowest BCUT2D eigenvalue weighted by Crippen LogP contribution is -2.36. The first-order chi connectivity index (χ1) is 9.82. The minimum absolute atomic E-state index is 0.0495. The van der Waals surface area contributed by atoms with Gasteiger partial charge in [-0.05, 0) is 24.1 Å². The summed E-state index contributed by atoms with van der Waals surface area (Å²) in [6, 6.07) is 6.91. The maximum atomic E-state index is 11.5. The summed E-state index contributed by atoms with van der Waals surface area (Å²) in [7, 11) is -1.86. The molecular weight excluding hydrogens is 290 g/mol. The van der Waals surface area contributed by atoms with Crippen molar-refractivity contribution in [2.24, 2.45) is 5.92 Å². The summed E-state index contributed by atoms with van der Waals surface area (Å²) in [4.78, 5) is 11.5. The van der Waals surface area contributed by atoms with E-state index in [1.807, 2.05) is 26.0 Å². The highest BCUT2D eigenvalue weighted by Crippen LogP contribution is 2.07. The Morgan fingerprint density at radius 1 is 1.10 bits per heavy atom. The molecule has 0 aliphatic carbocycles. The van der Waals surface area contributed by atoms with Gasteiger partial charge in [0, 0.05) is 13.1 Å². The van der Waals surface area contributed by atoms with Crippen molar-refractivity contribution in [1.29, 1.82) is 0 Å². The van der Waals surface area contributed by atoms with Crippen LogP contribution in [0, 0.1) is 5.92 Å². The largest absolute Gasteiger partial charge is 0.338 e. The van der Waals surface area contributed by atoms with Crippen LogP contribution in [0.5, 0.6) is 0 Å². The van der Waals surface area contributed by atoms with Crippen LogP contribution in [0.25, 0.3) is 0 Å². The zero-order valence-corrected chi connectivity index (χ0v) is 13.5. The number of nitrogens with one attached hydrogen (secondary N) is 3. The third-order valence-electron chi connectivity index (χ3n) is 2.81. The Morgan fingerprint density at radius 2 is 1.67 bits per heavy atom. The highest BCUT2D eigenvalue weighted by molar-refractivity contribution is 7.88. The van der Waals surface area contributed by atoms with Crippen LogP contribution in [0.1, 0.15) is 25.0 Å². The van der Waals surface area contributed by atoms with Crippen molar-refractivity contribution in [3.05, 3.63) is 35.4 Å². The van der Waals surface area contributed by atoms with E-state index in [4.69, 9.17) is 0 Å². The molecule has 3 N–H and O–H groups in total. The number of amides is 2. The molecule has 118 valence electrons. The third-order valence-corrected chi connectivity index (χ3v) is 4.15. The Bertz CT molecular complexity index is 553. The van der Waals surface area contributed by atoms with Crippen LogP contribution in [-0.4, -0.2) is 28.0 Å². The number of carbonyl (C=O) groups excluding carboxylic acids is 1. The molecule has 21 heavy (non-hydrogen) atoms. The van der Waals surface area contributed by atoms with Crippen LogP contribution in [0.4, 0.5) is 4.79 Å². The number of hydrogen-bond acceptors (Lipinski definition) is 3. The first-order valence-electron chi connectivity index (χ1n) is 6.83. The zero-order valence-electron chi connectivity index (χ0n) is 12.6. The molecule has 2 amide bonds. The fourth-order valence-electron chi connectivity index (χ4n) is 1.59. The Labute approximate surface area is 126 Å². The minimum Gasteiger partial charge on any atom is -0.338 e. The van der Waals surface area contributed by atoms with Crippen LogP contribution in [0.15, 0.2) is 24.3 Å². The van der Waals surface area contributed by atoms with Crippen LogP contribution in [0.3, 0.4) is 0 Å². The lowest BCUT2D eigenvalue weighted by Gasteiger charge is -2.10. The average molecular weight is 313 g/mol. The van der Waals surface area contributed by atoms with Crippen molar-refractivity contribution < 1.29 is 13.2 Å². The minimum atomic E-state index is -3.26. The Hall–Kier alpha value is -1.60. The number of rotatable bonds is 7. The van der Waals surface area contributed by atoms with Crippen molar-refractivity contribution in [3.8, 4) is 0 Å². The van der Waals surface area contributed by atoms with E-state index in [1.54, 1.807) is 12.1 Å². The maximum absolute atomic E-state index is 11.5. The molecule has 0 fully saturated rings. The molecule has 0 unspecified atom stereocenters. The van der Waals surface area contributed by atoms with Crippen LogP contribution < -0.4 is 15.4 Å². The average Bonchev–Trinajstić information content (AvgIpc) is 2.44. The van der Waals surface area contributed by atoms with Crippen LogP contribution >= 0.6 is 0 Å². The molecule has 0 saturated carbocycles. The fraction of sp³-hybridized carbons (Fsp3) is 0.500. The second-order valence-electron chi connectivity index (χ2n) is 5.24.